The van der Waals surface area contributed by atoms with Gasteiger partial charge < -0.3 is 0 Å². The average molecular weight is 345 g/mol. The van der Waals surface area contributed by atoms with Crippen LogP contribution in [0.2, 0.25) is 0 Å². The lowest BCUT2D eigenvalue weighted by Crippen LogP contribution is -2.02. The van der Waals surface area contributed by atoms with E-state index in [1.807, 2.05) is 0 Å². The molecule has 0 amide bonds. The number of benzene rings is 1. The number of unbranched alkanes of at least 4 members (excludes halogenated alkanes) is 2. The molecule has 0 aliphatic heterocycles. The number of hydrogen-bond donors (Lipinski definition) is 0. The zero-order valence-corrected chi connectivity index (χ0v) is 16.6. The minimum absolute atomic E-state index is 0.890. The molecule has 0 N–H and O–H groups in total. The zero-order valence-electron chi connectivity index (χ0n) is 16.6. The van der Waals surface area contributed by atoms with Crippen molar-refractivity contribution in [3.8, 4) is 12.1 Å². The summed E-state index contributed by atoms with van der Waals surface area (Å²) in [6.07, 6.45) is 8.38. The van der Waals surface area contributed by atoms with Gasteiger partial charge in [-0.15, -0.1) is 0 Å². The monoisotopic (exact) mass is 344 g/mol. The van der Waals surface area contributed by atoms with Gasteiger partial charge >= 0.3 is 0 Å². The summed E-state index contributed by atoms with van der Waals surface area (Å²) in [5.41, 5.74) is 11.9. The highest BCUT2D eigenvalue weighted by molar-refractivity contribution is 5.94. The van der Waals surface area contributed by atoms with Crippen molar-refractivity contribution in [2.24, 2.45) is 0 Å². The molecular formula is C24H28N2. The van der Waals surface area contributed by atoms with Crippen LogP contribution in [0, 0.1) is 36.5 Å². The third-order valence-electron chi connectivity index (χ3n) is 6.13. The molecule has 1 aromatic rings. The predicted molar refractivity (Wildman–Crippen MR) is 107 cm³/mol. The molecule has 0 fully saturated rings. The summed E-state index contributed by atoms with van der Waals surface area (Å²) < 4.78 is 0. The Morgan fingerprint density at radius 1 is 0.731 bits per heavy atom. The highest BCUT2D eigenvalue weighted by atomic mass is 14.4. The fraction of sp³-hybridized carbons (Fsp3) is 0.500. The van der Waals surface area contributed by atoms with Gasteiger partial charge in [-0.25, -0.2) is 0 Å². The first kappa shape index (κ1) is 18.5. The van der Waals surface area contributed by atoms with Crippen molar-refractivity contribution >= 4 is 11.1 Å². The van der Waals surface area contributed by atoms with Gasteiger partial charge in [-0.05, 0) is 96.9 Å². The molecule has 0 unspecified atom stereocenters. The van der Waals surface area contributed by atoms with Gasteiger partial charge in [0.2, 0.25) is 0 Å². The SMILES string of the molecule is CCCCC1=C(C#N)c2c(C)c3c(c(C)c2C1)C(C#N)=C(CCCC)C3. The van der Waals surface area contributed by atoms with Crippen molar-refractivity contribution in [3.05, 3.63) is 44.5 Å². The minimum Gasteiger partial charge on any atom is -0.192 e. The van der Waals surface area contributed by atoms with E-state index in [0.717, 1.165) is 62.5 Å². The molecule has 134 valence electrons. The lowest BCUT2D eigenvalue weighted by molar-refractivity contribution is 0.777. The van der Waals surface area contributed by atoms with Gasteiger partial charge in [0.25, 0.3) is 0 Å². The van der Waals surface area contributed by atoms with Crippen LogP contribution >= 0.6 is 0 Å². The van der Waals surface area contributed by atoms with Crippen LogP contribution in [-0.4, -0.2) is 0 Å². The first-order valence-electron chi connectivity index (χ1n) is 9.98. The zero-order chi connectivity index (χ0) is 18.8. The summed E-state index contributed by atoms with van der Waals surface area (Å²) >= 11 is 0. The van der Waals surface area contributed by atoms with Crippen molar-refractivity contribution in [3.63, 3.8) is 0 Å². The maximum Gasteiger partial charge on any atom is 0.0997 e. The van der Waals surface area contributed by atoms with Crippen LogP contribution < -0.4 is 0 Å². The second-order valence-corrected chi connectivity index (χ2v) is 7.70. The smallest absolute Gasteiger partial charge is 0.0997 e. The highest BCUT2D eigenvalue weighted by Crippen LogP contribution is 2.47. The van der Waals surface area contributed by atoms with Gasteiger partial charge in [0.05, 0.1) is 23.3 Å². The summed E-state index contributed by atoms with van der Waals surface area (Å²) in [7, 11) is 0. The molecule has 0 bridgehead atoms. The van der Waals surface area contributed by atoms with Crippen LogP contribution in [0.3, 0.4) is 0 Å². The normalized spacial score (nSPS) is 15.2. The fourth-order valence-electron chi connectivity index (χ4n) is 4.68. The number of hydrogen-bond acceptors (Lipinski definition) is 2. The first-order valence-corrected chi connectivity index (χ1v) is 9.98. The van der Waals surface area contributed by atoms with E-state index in [0.29, 0.717) is 0 Å². The molecule has 2 aliphatic rings. The maximum atomic E-state index is 9.84. The molecule has 0 spiro atoms. The fourth-order valence-corrected chi connectivity index (χ4v) is 4.68. The molecule has 0 saturated heterocycles. The lowest BCUT2D eigenvalue weighted by atomic mass is 9.87. The third-order valence-corrected chi connectivity index (χ3v) is 6.13. The molecule has 2 aliphatic carbocycles. The van der Waals surface area contributed by atoms with Crippen molar-refractivity contribution < 1.29 is 0 Å². The van der Waals surface area contributed by atoms with Crippen molar-refractivity contribution in [2.45, 2.75) is 79.1 Å². The molecule has 0 atom stereocenters. The Bertz CT molecular complexity index is 822. The van der Waals surface area contributed by atoms with Crippen LogP contribution in [0.25, 0.3) is 11.1 Å². The topological polar surface area (TPSA) is 47.6 Å². The Balaban J connectivity index is 2.13. The standard InChI is InChI=1S/C24H28N2/c1-5-7-9-17-11-19-15(3)24-20(16(4)23(19)21(17)13-25)12-18(10-8-6-2)22(24)14-26/h5-12H2,1-4H3. The summed E-state index contributed by atoms with van der Waals surface area (Å²) in [4.78, 5) is 0. The van der Waals surface area contributed by atoms with E-state index in [-0.39, 0.29) is 0 Å². The van der Waals surface area contributed by atoms with Crippen LogP contribution in [0.4, 0.5) is 0 Å². The predicted octanol–water partition coefficient (Wildman–Crippen LogP) is 6.35. The van der Waals surface area contributed by atoms with Crippen LogP contribution in [0.1, 0.15) is 85.8 Å². The third kappa shape index (κ3) is 2.79. The maximum absolute atomic E-state index is 9.84. The molecular weight excluding hydrogens is 316 g/mol. The molecule has 0 heterocycles. The van der Waals surface area contributed by atoms with E-state index < -0.39 is 0 Å². The van der Waals surface area contributed by atoms with Gasteiger partial charge in [-0.1, -0.05) is 26.7 Å². The molecule has 26 heavy (non-hydrogen) atoms. The largest absolute Gasteiger partial charge is 0.192 e. The van der Waals surface area contributed by atoms with E-state index in [1.165, 1.54) is 44.5 Å². The second-order valence-electron chi connectivity index (χ2n) is 7.70. The quantitative estimate of drug-likeness (QED) is 0.603. The molecule has 0 radical (unpaired) electrons. The summed E-state index contributed by atoms with van der Waals surface area (Å²) in [6, 6.07) is 5.02. The van der Waals surface area contributed by atoms with Crippen molar-refractivity contribution in [1.29, 1.82) is 10.5 Å². The van der Waals surface area contributed by atoms with Gasteiger partial charge in [0.15, 0.2) is 0 Å². The molecule has 1 aromatic carbocycles. The molecule has 3 rings (SSSR count). The highest BCUT2D eigenvalue weighted by Gasteiger charge is 2.33. The van der Waals surface area contributed by atoms with E-state index in [1.54, 1.807) is 0 Å². The van der Waals surface area contributed by atoms with Gasteiger partial charge in [0.1, 0.15) is 0 Å². The molecule has 2 heteroatoms. The van der Waals surface area contributed by atoms with Gasteiger partial charge in [0, 0.05) is 0 Å². The van der Waals surface area contributed by atoms with E-state index in [4.69, 9.17) is 0 Å². The van der Waals surface area contributed by atoms with Crippen LogP contribution in [0.15, 0.2) is 11.1 Å². The Kier molecular flexibility index (Phi) is 5.33. The molecule has 0 aromatic heterocycles. The van der Waals surface area contributed by atoms with E-state index >= 15 is 0 Å². The lowest BCUT2D eigenvalue weighted by Gasteiger charge is -2.16. The minimum atomic E-state index is 0.890. The van der Waals surface area contributed by atoms with Crippen LogP contribution in [-0.2, 0) is 12.8 Å². The Labute approximate surface area is 157 Å². The first-order chi connectivity index (χ1) is 12.6. The summed E-state index contributed by atoms with van der Waals surface area (Å²) in [5, 5.41) is 19.7. The number of rotatable bonds is 6. The molecule has 0 saturated carbocycles. The summed E-state index contributed by atoms with van der Waals surface area (Å²) in [5.74, 6) is 0. The number of nitrogens with zero attached hydrogens (tertiary/aromatic N) is 2. The number of allylic oxidation sites excluding steroid dienone is 4. The van der Waals surface area contributed by atoms with Crippen molar-refractivity contribution in [2.75, 3.05) is 0 Å². The number of nitriles is 2. The summed E-state index contributed by atoms with van der Waals surface area (Å²) in [6.45, 7) is 8.72. The van der Waals surface area contributed by atoms with Crippen LogP contribution in [0.5, 0.6) is 0 Å². The average Bonchev–Trinajstić information content (AvgIpc) is 3.21. The molecule has 2 nitrogen and oxygen atoms in total. The Morgan fingerprint density at radius 3 is 1.42 bits per heavy atom. The second kappa shape index (κ2) is 7.51. The number of fused-ring (bicyclic) bond motifs is 2. The Hall–Kier alpha value is -2.32. The Morgan fingerprint density at radius 2 is 1.12 bits per heavy atom. The van der Waals surface area contributed by atoms with Gasteiger partial charge in [-0.3, -0.25) is 0 Å². The van der Waals surface area contributed by atoms with Crippen molar-refractivity contribution in [1.82, 2.24) is 0 Å². The van der Waals surface area contributed by atoms with Gasteiger partial charge in [-0.2, -0.15) is 10.5 Å². The van der Waals surface area contributed by atoms with E-state index in [2.05, 4.69) is 39.8 Å². The van der Waals surface area contributed by atoms with E-state index in [9.17, 15) is 10.5 Å².